The van der Waals surface area contributed by atoms with Gasteiger partial charge in [0.15, 0.2) is 5.69 Å². The van der Waals surface area contributed by atoms with Crippen LogP contribution in [0.5, 0.6) is 0 Å². The molecule has 0 aliphatic carbocycles. The highest BCUT2D eigenvalue weighted by atomic mass is 19.4. The summed E-state index contributed by atoms with van der Waals surface area (Å²) in [5, 5.41) is 9.42. The number of H-pyrrole nitrogens is 1. The molecule has 0 spiro atoms. The van der Waals surface area contributed by atoms with Crippen LogP contribution in [0.4, 0.5) is 13.2 Å². The maximum Gasteiger partial charge on any atom is 0.408 e. The van der Waals surface area contributed by atoms with E-state index in [0.717, 1.165) is 19.4 Å². The molecular weight excluding hydrogens is 321 g/mol. The Kier molecular flexibility index (Phi) is 6.30. The Hall–Kier alpha value is -2.85. The van der Waals surface area contributed by atoms with Crippen LogP contribution in [-0.4, -0.2) is 52.3 Å². The maximum atomic E-state index is 11.9. The van der Waals surface area contributed by atoms with E-state index in [4.69, 9.17) is 0 Å². The van der Waals surface area contributed by atoms with Gasteiger partial charge in [-0.25, -0.2) is 9.59 Å². The molecule has 1 N–H and O–H groups in total. The first-order chi connectivity index (χ1) is 10.8. The van der Waals surface area contributed by atoms with Gasteiger partial charge in [0.25, 0.3) is 0 Å². The Bertz CT molecular complexity index is 637. The fraction of sp³-hybridized carbons (Fsp3) is 0.333. The van der Waals surface area contributed by atoms with E-state index in [1.807, 2.05) is 0 Å². The number of halogens is 3. The van der Waals surface area contributed by atoms with Crippen LogP contribution < -0.4 is 0 Å². The molecule has 2 aromatic rings. The van der Waals surface area contributed by atoms with Gasteiger partial charge in [-0.05, 0) is 12.1 Å². The number of ether oxygens (including phenoxy) is 2. The molecule has 2 rings (SSSR count). The molecule has 8 nitrogen and oxygen atoms in total. The van der Waals surface area contributed by atoms with Crippen molar-refractivity contribution < 1.29 is 32.2 Å². The Morgan fingerprint density at radius 3 is 2.35 bits per heavy atom. The fourth-order valence-electron chi connectivity index (χ4n) is 1.33. The van der Waals surface area contributed by atoms with Crippen molar-refractivity contribution in [3.8, 4) is 0 Å². The predicted molar refractivity (Wildman–Crippen MR) is 69.5 cm³/mol. The van der Waals surface area contributed by atoms with Crippen LogP contribution >= 0.6 is 0 Å². The largest absolute Gasteiger partial charge is 0.464 e. The number of aromatic nitrogens is 4. The minimum absolute atomic E-state index is 0.142. The molecule has 0 radical (unpaired) electrons. The van der Waals surface area contributed by atoms with Crippen molar-refractivity contribution >= 4 is 11.9 Å². The van der Waals surface area contributed by atoms with Crippen molar-refractivity contribution in [1.29, 1.82) is 0 Å². The normalized spacial score (nSPS) is 10.5. The SMILES string of the molecule is COC(=O)c1ccn(CC(F)(F)F)n1.COC(=O)c1ccn[nH]1. The lowest BCUT2D eigenvalue weighted by molar-refractivity contribution is -0.142. The van der Waals surface area contributed by atoms with E-state index in [9.17, 15) is 22.8 Å². The summed E-state index contributed by atoms with van der Waals surface area (Å²) in [4.78, 5) is 21.4. The number of methoxy groups -OCH3 is 2. The van der Waals surface area contributed by atoms with Crippen LogP contribution in [0.2, 0.25) is 0 Å². The van der Waals surface area contributed by atoms with Crippen LogP contribution in [-0.2, 0) is 16.0 Å². The lowest BCUT2D eigenvalue weighted by Gasteiger charge is -2.04. The van der Waals surface area contributed by atoms with E-state index in [1.54, 1.807) is 6.07 Å². The summed E-state index contributed by atoms with van der Waals surface area (Å²) in [5.41, 5.74) is 0.231. The van der Waals surface area contributed by atoms with E-state index in [1.165, 1.54) is 13.3 Å². The number of nitrogens with one attached hydrogen (secondary N) is 1. The van der Waals surface area contributed by atoms with E-state index in [-0.39, 0.29) is 5.69 Å². The van der Waals surface area contributed by atoms with E-state index < -0.39 is 24.7 Å². The van der Waals surface area contributed by atoms with Crippen LogP contribution in [0.25, 0.3) is 0 Å². The Balaban J connectivity index is 0.000000253. The molecule has 126 valence electrons. The average molecular weight is 334 g/mol. The zero-order valence-electron chi connectivity index (χ0n) is 12.1. The molecule has 0 unspecified atom stereocenters. The van der Waals surface area contributed by atoms with Gasteiger partial charge < -0.3 is 9.47 Å². The topological polar surface area (TPSA) is 99.1 Å². The number of alkyl halides is 3. The van der Waals surface area contributed by atoms with Crippen molar-refractivity contribution in [1.82, 2.24) is 20.0 Å². The third kappa shape index (κ3) is 6.20. The summed E-state index contributed by atoms with van der Waals surface area (Å²) < 4.78 is 44.9. The standard InChI is InChI=1S/C7H7F3N2O2.C5H6N2O2/c1-14-6(13)5-2-3-12(11-5)4-7(8,9)10;1-9-5(8)4-2-3-6-7-4/h2-3H,4H2,1H3;2-3H,1H3,(H,6,7). The lowest BCUT2D eigenvalue weighted by Crippen LogP contribution is -2.18. The number of hydrogen-bond acceptors (Lipinski definition) is 6. The van der Waals surface area contributed by atoms with Crippen LogP contribution in [0, 0.1) is 0 Å². The highest BCUT2D eigenvalue weighted by molar-refractivity contribution is 5.87. The number of esters is 2. The Labute approximate surface area is 128 Å². The van der Waals surface area contributed by atoms with Crippen molar-refractivity contribution in [2.75, 3.05) is 14.2 Å². The zero-order chi connectivity index (χ0) is 17.5. The number of aromatic amines is 1. The van der Waals surface area contributed by atoms with E-state index >= 15 is 0 Å². The number of carbonyl (C=O) groups excluding carboxylic acids is 2. The van der Waals surface area contributed by atoms with Gasteiger partial charge >= 0.3 is 18.1 Å². The quantitative estimate of drug-likeness (QED) is 0.853. The van der Waals surface area contributed by atoms with Crippen LogP contribution in [0.15, 0.2) is 24.5 Å². The molecule has 0 atom stereocenters. The average Bonchev–Trinajstić information content (AvgIpc) is 3.16. The molecule has 2 heterocycles. The molecular formula is C12H13F3N4O4. The highest BCUT2D eigenvalue weighted by Crippen LogP contribution is 2.16. The molecule has 0 saturated carbocycles. The van der Waals surface area contributed by atoms with E-state index in [0.29, 0.717) is 10.4 Å². The molecule has 0 aliphatic heterocycles. The summed E-state index contributed by atoms with van der Waals surface area (Å²) in [6.45, 7) is -1.22. The van der Waals surface area contributed by atoms with Gasteiger partial charge in [0.1, 0.15) is 12.2 Å². The summed E-state index contributed by atoms with van der Waals surface area (Å²) in [5.74, 6) is -1.15. The summed E-state index contributed by atoms with van der Waals surface area (Å²) in [6.07, 6.45) is -1.79. The second-order valence-corrected chi connectivity index (χ2v) is 3.97. The monoisotopic (exact) mass is 334 g/mol. The van der Waals surface area contributed by atoms with Gasteiger partial charge in [-0.3, -0.25) is 9.78 Å². The smallest absolute Gasteiger partial charge is 0.408 e. The molecule has 0 bridgehead atoms. The highest BCUT2D eigenvalue weighted by Gasteiger charge is 2.28. The second kappa shape index (κ2) is 7.96. The summed E-state index contributed by atoms with van der Waals surface area (Å²) >= 11 is 0. The van der Waals surface area contributed by atoms with Gasteiger partial charge in [0.2, 0.25) is 0 Å². The summed E-state index contributed by atoms with van der Waals surface area (Å²) in [7, 11) is 2.45. The molecule has 11 heteroatoms. The van der Waals surface area contributed by atoms with Gasteiger partial charge in [0, 0.05) is 12.4 Å². The summed E-state index contributed by atoms with van der Waals surface area (Å²) in [6, 6.07) is 2.71. The molecule has 2 aromatic heterocycles. The van der Waals surface area contributed by atoms with Crippen molar-refractivity contribution in [2.45, 2.75) is 12.7 Å². The second-order valence-electron chi connectivity index (χ2n) is 3.97. The third-order valence-corrected chi connectivity index (χ3v) is 2.28. The van der Waals surface area contributed by atoms with Crippen LogP contribution in [0.1, 0.15) is 21.0 Å². The maximum absolute atomic E-state index is 11.9. The van der Waals surface area contributed by atoms with Gasteiger partial charge in [-0.2, -0.15) is 23.4 Å². The van der Waals surface area contributed by atoms with Gasteiger partial charge in [-0.15, -0.1) is 0 Å². The van der Waals surface area contributed by atoms with Crippen LogP contribution in [0.3, 0.4) is 0 Å². The van der Waals surface area contributed by atoms with Crippen molar-refractivity contribution in [3.63, 3.8) is 0 Å². The molecule has 0 saturated heterocycles. The molecule has 0 amide bonds. The minimum atomic E-state index is -4.35. The minimum Gasteiger partial charge on any atom is -0.464 e. The molecule has 0 aliphatic rings. The van der Waals surface area contributed by atoms with E-state index in [2.05, 4.69) is 24.8 Å². The fourth-order valence-corrected chi connectivity index (χ4v) is 1.33. The van der Waals surface area contributed by atoms with Crippen molar-refractivity contribution in [3.05, 3.63) is 35.9 Å². The first-order valence-corrected chi connectivity index (χ1v) is 6.03. The van der Waals surface area contributed by atoms with Gasteiger partial charge in [0.05, 0.1) is 14.2 Å². The lowest BCUT2D eigenvalue weighted by atomic mass is 10.4. The number of carbonyl (C=O) groups is 2. The first-order valence-electron chi connectivity index (χ1n) is 6.03. The number of hydrogen-bond donors (Lipinski definition) is 1. The van der Waals surface area contributed by atoms with Crippen molar-refractivity contribution in [2.24, 2.45) is 0 Å². The Morgan fingerprint density at radius 1 is 1.22 bits per heavy atom. The first kappa shape index (κ1) is 18.2. The molecule has 0 aromatic carbocycles. The predicted octanol–water partition coefficient (Wildman–Crippen LogP) is 1.43. The molecule has 0 fully saturated rings. The van der Waals surface area contributed by atoms with Gasteiger partial charge in [-0.1, -0.05) is 0 Å². The zero-order valence-corrected chi connectivity index (χ0v) is 12.1. The Morgan fingerprint density at radius 2 is 1.87 bits per heavy atom. The third-order valence-electron chi connectivity index (χ3n) is 2.28. The number of nitrogens with zero attached hydrogens (tertiary/aromatic N) is 3. The molecule has 23 heavy (non-hydrogen) atoms. The number of rotatable bonds is 3.